The van der Waals surface area contributed by atoms with Crippen LogP contribution in [0.4, 0.5) is 4.39 Å². The van der Waals surface area contributed by atoms with E-state index >= 15 is 0 Å². The van der Waals surface area contributed by atoms with Gasteiger partial charge in [-0.2, -0.15) is 0 Å². The van der Waals surface area contributed by atoms with Crippen LogP contribution in [0.25, 0.3) is 0 Å². The summed E-state index contributed by atoms with van der Waals surface area (Å²) >= 11 is 0. The van der Waals surface area contributed by atoms with Gasteiger partial charge in [0.1, 0.15) is 11.6 Å². The van der Waals surface area contributed by atoms with Gasteiger partial charge in [0.05, 0.1) is 12.5 Å². The van der Waals surface area contributed by atoms with E-state index in [0.29, 0.717) is 17.9 Å². The van der Waals surface area contributed by atoms with Gasteiger partial charge in [0, 0.05) is 6.07 Å². The zero-order valence-corrected chi connectivity index (χ0v) is 9.37. The first kappa shape index (κ1) is 12.5. The summed E-state index contributed by atoms with van der Waals surface area (Å²) in [4.78, 5) is 10.6. The van der Waals surface area contributed by atoms with Crippen LogP contribution < -0.4 is 4.74 Å². The molecule has 1 aromatic rings. The highest BCUT2D eigenvalue weighted by Crippen LogP contribution is 2.19. The van der Waals surface area contributed by atoms with Crippen molar-refractivity contribution in [1.29, 1.82) is 0 Å². The molecule has 1 rings (SSSR count). The number of aliphatic carboxylic acids is 1. The third-order valence-corrected chi connectivity index (χ3v) is 2.28. The highest BCUT2D eigenvalue weighted by Gasteiger charge is 2.14. The van der Waals surface area contributed by atoms with Crippen molar-refractivity contribution in [3.63, 3.8) is 0 Å². The van der Waals surface area contributed by atoms with Crippen LogP contribution in [-0.4, -0.2) is 17.7 Å². The summed E-state index contributed by atoms with van der Waals surface area (Å²) in [6.45, 7) is 3.85. The molecule has 88 valence electrons. The molecule has 0 aliphatic rings. The van der Waals surface area contributed by atoms with E-state index in [4.69, 9.17) is 9.84 Å². The van der Waals surface area contributed by atoms with Gasteiger partial charge in [0.25, 0.3) is 0 Å². The first-order valence-corrected chi connectivity index (χ1v) is 5.18. The average molecular weight is 226 g/mol. The average Bonchev–Trinajstić information content (AvgIpc) is 2.22. The van der Waals surface area contributed by atoms with E-state index < -0.39 is 17.7 Å². The maximum Gasteiger partial charge on any atom is 0.306 e. The van der Waals surface area contributed by atoms with E-state index in [-0.39, 0.29) is 6.42 Å². The lowest BCUT2D eigenvalue weighted by Crippen LogP contribution is -2.13. The molecule has 1 atom stereocenters. The molecule has 0 radical (unpaired) electrons. The van der Waals surface area contributed by atoms with Gasteiger partial charge < -0.3 is 9.84 Å². The summed E-state index contributed by atoms with van der Waals surface area (Å²) in [6, 6.07) is 4.50. The molecule has 0 saturated heterocycles. The van der Waals surface area contributed by atoms with Gasteiger partial charge in [-0.3, -0.25) is 4.79 Å². The molecular formula is C12H15FO3. The predicted octanol–water partition coefficient (Wildman–Crippen LogP) is 2.49. The normalized spacial score (nSPS) is 12.2. The van der Waals surface area contributed by atoms with Crippen molar-refractivity contribution in [3.05, 3.63) is 29.6 Å². The molecule has 0 aliphatic carbocycles. The molecule has 1 aromatic carbocycles. The fourth-order valence-corrected chi connectivity index (χ4v) is 1.37. The van der Waals surface area contributed by atoms with Gasteiger partial charge in [-0.15, -0.1) is 0 Å². The lowest BCUT2D eigenvalue weighted by molar-refractivity contribution is -0.141. The van der Waals surface area contributed by atoms with Crippen LogP contribution in [0.3, 0.4) is 0 Å². The van der Waals surface area contributed by atoms with Crippen LogP contribution in [0.2, 0.25) is 0 Å². The first-order chi connectivity index (χ1) is 7.54. The predicted molar refractivity (Wildman–Crippen MR) is 58.1 cm³/mol. The lowest BCUT2D eigenvalue weighted by atomic mass is 10.0. The number of carboxylic acids is 1. The van der Waals surface area contributed by atoms with E-state index in [1.165, 1.54) is 6.07 Å². The van der Waals surface area contributed by atoms with Gasteiger partial charge in [0.2, 0.25) is 0 Å². The van der Waals surface area contributed by atoms with Crippen molar-refractivity contribution < 1.29 is 19.0 Å². The minimum atomic E-state index is -0.923. The summed E-state index contributed by atoms with van der Waals surface area (Å²) in [5.74, 6) is -1.47. The third-order valence-electron chi connectivity index (χ3n) is 2.28. The second-order valence-electron chi connectivity index (χ2n) is 3.63. The molecule has 1 N–H and O–H groups in total. The zero-order chi connectivity index (χ0) is 12.1. The van der Waals surface area contributed by atoms with E-state index in [1.807, 2.05) is 6.92 Å². The van der Waals surface area contributed by atoms with Crippen molar-refractivity contribution in [2.75, 3.05) is 6.61 Å². The molecule has 0 amide bonds. The summed E-state index contributed by atoms with van der Waals surface area (Å²) in [5.41, 5.74) is 0.401. The number of benzene rings is 1. The smallest absolute Gasteiger partial charge is 0.306 e. The van der Waals surface area contributed by atoms with Crippen LogP contribution in [0, 0.1) is 11.7 Å². The Kier molecular flexibility index (Phi) is 4.28. The van der Waals surface area contributed by atoms with E-state index in [2.05, 4.69) is 0 Å². The molecule has 0 aromatic heterocycles. The molecule has 0 spiro atoms. The minimum absolute atomic E-state index is 0.188. The summed E-state index contributed by atoms with van der Waals surface area (Å²) in [6.07, 6.45) is 0.188. The maximum atomic E-state index is 13.5. The molecule has 0 saturated carbocycles. The number of ether oxygens (including phenoxy) is 1. The van der Waals surface area contributed by atoms with Crippen molar-refractivity contribution in [2.45, 2.75) is 20.3 Å². The Hall–Kier alpha value is -1.58. The Morgan fingerprint density at radius 1 is 1.56 bits per heavy atom. The molecule has 0 fully saturated rings. The topological polar surface area (TPSA) is 46.5 Å². The van der Waals surface area contributed by atoms with E-state index in [0.717, 1.165) is 0 Å². The number of carbonyl (C=O) groups is 1. The highest BCUT2D eigenvalue weighted by molar-refractivity contribution is 5.69. The number of hydrogen-bond acceptors (Lipinski definition) is 2. The number of carboxylic acid groups (broad SMARTS) is 1. The summed E-state index contributed by atoms with van der Waals surface area (Å²) in [7, 11) is 0. The Labute approximate surface area is 93.9 Å². The molecule has 0 bridgehead atoms. The second kappa shape index (κ2) is 5.49. The van der Waals surface area contributed by atoms with Gasteiger partial charge in [0.15, 0.2) is 0 Å². The molecular weight excluding hydrogens is 211 g/mol. The Morgan fingerprint density at radius 3 is 2.75 bits per heavy atom. The Balaban J connectivity index is 2.78. The molecule has 0 heterocycles. The summed E-state index contributed by atoms with van der Waals surface area (Å²) < 4.78 is 18.7. The van der Waals surface area contributed by atoms with Gasteiger partial charge in [-0.25, -0.2) is 4.39 Å². The molecule has 0 aliphatic heterocycles. The lowest BCUT2D eigenvalue weighted by Gasteiger charge is -2.09. The van der Waals surface area contributed by atoms with Crippen molar-refractivity contribution >= 4 is 5.97 Å². The second-order valence-corrected chi connectivity index (χ2v) is 3.63. The first-order valence-electron chi connectivity index (χ1n) is 5.18. The fourth-order valence-electron chi connectivity index (χ4n) is 1.37. The molecule has 16 heavy (non-hydrogen) atoms. The van der Waals surface area contributed by atoms with Crippen LogP contribution in [0.1, 0.15) is 19.4 Å². The SMILES string of the molecule is CCOc1ccc(CC(C)C(=O)O)c(F)c1. The van der Waals surface area contributed by atoms with E-state index in [1.54, 1.807) is 19.1 Å². The van der Waals surface area contributed by atoms with Crippen molar-refractivity contribution in [1.82, 2.24) is 0 Å². The van der Waals surface area contributed by atoms with Crippen LogP contribution >= 0.6 is 0 Å². The van der Waals surface area contributed by atoms with Crippen LogP contribution in [0.15, 0.2) is 18.2 Å². The van der Waals surface area contributed by atoms with Crippen LogP contribution in [-0.2, 0) is 11.2 Å². The van der Waals surface area contributed by atoms with E-state index in [9.17, 15) is 9.18 Å². The quantitative estimate of drug-likeness (QED) is 0.839. The summed E-state index contributed by atoms with van der Waals surface area (Å²) in [5, 5.41) is 8.73. The van der Waals surface area contributed by atoms with Crippen molar-refractivity contribution in [3.8, 4) is 5.75 Å². The zero-order valence-electron chi connectivity index (χ0n) is 9.37. The molecule has 1 unspecified atom stereocenters. The monoisotopic (exact) mass is 226 g/mol. The molecule has 3 nitrogen and oxygen atoms in total. The number of rotatable bonds is 5. The maximum absolute atomic E-state index is 13.5. The Morgan fingerprint density at radius 2 is 2.25 bits per heavy atom. The number of hydrogen-bond donors (Lipinski definition) is 1. The fraction of sp³-hybridized carbons (Fsp3) is 0.417. The standard InChI is InChI=1S/C12H15FO3/c1-3-16-10-5-4-9(11(13)7-10)6-8(2)12(14)15/h4-5,7-8H,3,6H2,1-2H3,(H,14,15). The van der Waals surface area contributed by atoms with Crippen molar-refractivity contribution in [2.24, 2.45) is 5.92 Å². The van der Waals surface area contributed by atoms with Gasteiger partial charge in [-0.05, 0) is 25.0 Å². The van der Waals surface area contributed by atoms with Gasteiger partial charge >= 0.3 is 5.97 Å². The highest BCUT2D eigenvalue weighted by atomic mass is 19.1. The Bertz CT molecular complexity index is 377. The van der Waals surface area contributed by atoms with Gasteiger partial charge in [-0.1, -0.05) is 13.0 Å². The molecule has 4 heteroatoms. The third kappa shape index (κ3) is 3.22. The minimum Gasteiger partial charge on any atom is -0.494 e. The van der Waals surface area contributed by atoms with Crippen LogP contribution in [0.5, 0.6) is 5.75 Å². The largest absolute Gasteiger partial charge is 0.494 e. The number of halogens is 1.